The molecule has 7 aromatic rings. The van der Waals surface area contributed by atoms with Crippen LogP contribution < -0.4 is 0 Å². The molecule has 11 rings (SSSR count). The zero-order valence-electron chi connectivity index (χ0n) is 28.2. The molecule has 0 bridgehead atoms. The Labute approximate surface area is 300 Å². The number of nitrogens with zero attached hydrogens (tertiary/aromatic N) is 4. The molecule has 52 heavy (non-hydrogen) atoms. The second-order valence-corrected chi connectivity index (χ2v) is 14.0. The van der Waals surface area contributed by atoms with Crippen LogP contribution in [0.4, 0.5) is 0 Å². The van der Waals surface area contributed by atoms with Crippen molar-refractivity contribution in [3.05, 3.63) is 163 Å². The number of allylic oxidation sites excluding steroid dienone is 7. The van der Waals surface area contributed by atoms with Gasteiger partial charge in [-0.05, 0) is 52.6 Å². The summed E-state index contributed by atoms with van der Waals surface area (Å²) in [5.41, 5.74) is 7.18. The molecule has 6 heteroatoms. The van der Waals surface area contributed by atoms with Crippen LogP contribution in [0.1, 0.15) is 29.5 Å². The van der Waals surface area contributed by atoms with Gasteiger partial charge < -0.3 is 9.15 Å². The molecule has 248 valence electrons. The van der Waals surface area contributed by atoms with Gasteiger partial charge in [0.2, 0.25) is 0 Å². The van der Waals surface area contributed by atoms with Crippen molar-refractivity contribution >= 4 is 38.7 Å². The van der Waals surface area contributed by atoms with E-state index < -0.39 is 0 Å². The van der Waals surface area contributed by atoms with Gasteiger partial charge in [0.15, 0.2) is 17.2 Å². The number of aryl methyl sites for hydroxylation is 1. The molecule has 4 atom stereocenters. The third-order valence-corrected chi connectivity index (χ3v) is 11.0. The van der Waals surface area contributed by atoms with Gasteiger partial charge in [0.1, 0.15) is 23.4 Å². The van der Waals surface area contributed by atoms with Gasteiger partial charge in [-0.3, -0.25) is 4.98 Å². The molecule has 1 fully saturated rings. The fourth-order valence-corrected chi connectivity index (χ4v) is 8.53. The quantitative estimate of drug-likeness (QED) is 0.185. The van der Waals surface area contributed by atoms with Gasteiger partial charge in [-0.1, -0.05) is 115 Å². The highest BCUT2D eigenvalue weighted by Gasteiger charge is 2.45. The second kappa shape index (κ2) is 11.6. The van der Waals surface area contributed by atoms with Gasteiger partial charge in [-0.2, -0.15) is 0 Å². The summed E-state index contributed by atoms with van der Waals surface area (Å²) < 4.78 is 12.6. The molecular weight excluding hydrogens is 641 g/mol. The molecule has 0 saturated carbocycles. The summed E-state index contributed by atoms with van der Waals surface area (Å²) in [6.07, 6.45) is 23.3. The number of hydrogen-bond donors (Lipinski definition) is 0. The average Bonchev–Trinajstić information content (AvgIpc) is 3.79. The predicted octanol–water partition coefficient (Wildman–Crippen LogP) is 10.6. The second-order valence-electron chi connectivity index (χ2n) is 14.0. The van der Waals surface area contributed by atoms with Crippen LogP contribution >= 0.6 is 0 Å². The van der Waals surface area contributed by atoms with Crippen LogP contribution in [0.3, 0.4) is 0 Å². The molecule has 0 radical (unpaired) electrons. The number of pyridine rings is 1. The Morgan fingerprint density at radius 1 is 0.712 bits per heavy atom. The topological polar surface area (TPSA) is 73.9 Å². The Bertz CT molecular complexity index is 2750. The lowest BCUT2D eigenvalue weighted by molar-refractivity contribution is 0.184. The zero-order valence-corrected chi connectivity index (χ0v) is 28.2. The molecule has 0 spiro atoms. The SMILES string of the molecule is C1=CC2OC3=CC=CC(c4nc(-c5ccccc5)nc(-c5cccc6cc(-c7ccc8c(c7)ncc7oc9c(c78)C=CCC9)ccc56)n4)C3C2C=C1. The molecule has 1 saturated heterocycles. The smallest absolute Gasteiger partial charge is 0.164 e. The largest absolute Gasteiger partial charge is 0.490 e. The van der Waals surface area contributed by atoms with Crippen molar-refractivity contribution in [1.29, 1.82) is 0 Å². The number of fused-ring (bicyclic) bond motifs is 9. The van der Waals surface area contributed by atoms with Crippen molar-refractivity contribution < 1.29 is 9.15 Å². The Hall–Kier alpha value is -6.40. The monoisotopic (exact) mass is 672 g/mol. The van der Waals surface area contributed by atoms with E-state index in [1.165, 1.54) is 5.56 Å². The number of rotatable bonds is 4. The van der Waals surface area contributed by atoms with Crippen molar-refractivity contribution in [2.45, 2.75) is 24.9 Å². The van der Waals surface area contributed by atoms with Crippen LogP contribution in [0.2, 0.25) is 0 Å². The highest BCUT2D eigenvalue weighted by molar-refractivity contribution is 6.09. The van der Waals surface area contributed by atoms with Crippen molar-refractivity contribution in [2.75, 3.05) is 0 Å². The maximum atomic E-state index is 6.41. The molecule has 4 aliphatic rings. The van der Waals surface area contributed by atoms with Crippen molar-refractivity contribution in [3.63, 3.8) is 0 Å². The molecule has 4 aromatic carbocycles. The minimum absolute atomic E-state index is 0.0262. The Balaban J connectivity index is 1.01. The molecule has 4 heterocycles. The van der Waals surface area contributed by atoms with E-state index in [0.717, 1.165) is 85.1 Å². The van der Waals surface area contributed by atoms with E-state index in [2.05, 4.69) is 121 Å². The maximum Gasteiger partial charge on any atom is 0.164 e. The predicted molar refractivity (Wildman–Crippen MR) is 206 cm³/mol. The first-order chi connectivity index (χ1) is 25.7. The van der Waals surface area contributed by atoms with E-state index in [9.17, 15) is 0 Å². The van der Waals surface area contributed by atoms with Gasteiger partial charge in [0.25, 0.3) is 0 Å². The fraction of sp³-hybridized carbons (Fsp3) is 0.130. The van der Waals surface area contributed by atoms with Gasteiger partial charge >= 0.3 is 0 Å². The molecule has 1 aliphatic heterocycles. The molecule has 4 unspecified atom stereocenters. The van der Waals surface area contributed by atoms with Crippen LogP contribution in [0.15, 0.2) is 150 Å². The van der Waals surface area contributed by atoms with E-state index in [-0.39, 0.29) is 23.9 Å². The summed E-state index contributed by atoms with van der Waals surface area (Å²) in [6.45, 7) is 0. The first kappa shape index (κ1) is 29.3. The summed E-state index contributed by atoms with van der Waals surface area (Å²) in [5.74, 6) is 4.42. The number of aromatic nitrogens is 4. The summed E-state index contributed by atoms with van der Waals surface area (Å²) in [7, 11) is 0. The lowest BCUT2D eigenvalue weighted by atomic mass is 9.76. The third-order valence-electron chi connectivity index (χ3n) is 11.0. The first-order valence-electron chi connectivity index (χ1n) is 18.0. The lowest BCUT2D eigenvalue weighted by Crippen LogP contribution is -2.25. The van der Waals surface area contributed by atoms with Gasteiger partial charge in [0, 0.05) is 51.6 Å². The molecule has 6 nitrogen and oxygen atoms in total. The van der Waals surface area contributed by atoms with Crippen LogP contribution in [-0.4, -0.2) is 26.0 Å². The Morgan fingerprint density at radius 3 is 2.52 bits per heavy atom. The minimum atomic E-state index is -0.0525. The van der Waals surface area contributed by atoms with E-state index in [4.69, 9.17) is 29.1 Å². The summed E-state index contributed by atoms with van der Waals surface area (Å²) in [6, 6.07) is 29.8. The average molecular weight is 673 g/mol. The standard InChI is InChI=1S/C46H32N4O2/c1-2-10-27(11-3-1)44-48-45(50-46(49-44)36-16-9-19-40-43(36)35-14-5-6-17-38(35)51-40)32-15-8-12-30-24-28(20-22-31(30)32)29-21-23-33-37(25-29)47-26-41-42(33)34-13-4-7-18-39(34)52-41/h1-6,8-17,19-26,35-36,38,43H,7,18H2. The highest BCUT2D eigenvalue weighted by atomic mass is 16.5. The first-order valence-corrected chi connectivity index (χ1v) is 18.0. The fourth-order valence-electron chi connectivity index (χ4n) is 8.53. The van der Waals surface area contributed by atoms with E-state index in [1.54, 1.807) is 0 Å². The summed E-state index contributed by atoms with van der Waals surface area (Å²) >= 11 is 0. The van der Waals surface area contributed by atoms with Crippen LogP contribution in [-0.2, 0) is 11.2 Å². The molecular formula is C46H32N4O2. The maximum absolute atomic E-state index is 6.41. The Kier molecular flexibility index (Phi) is 6.53. The van der Waals surface area contributed by atoms with Crippen molar-refractivity contribution in [2.24, 2.45) is 11.8 Å². The van der Waals surface area contributed by atoms with Crippen LogP contribution in [0.25, 0.3) is 72.6 Å². The van der Waals surface area contributed by atoms with Gasteiger partial charge in [-0.25, -0.2) is 15.0 Å². The van der Waals surface area contributed by atoms with Crippen molar-refractivity contribution in [1.82, 2.24) is 19.9 Å². The molecule has 3 aliphatic carbocycles. The van der Waals surface area contributed by atoms with Gasteiger partial charge in [-0.15, -0.1) is 0 Å². The number of hydrogen-bond acceptors (Lipinski definition) is 6. The third kappa shape index (κ3) is 4.64. The molecule has 0 N–H and O–H groups in total. The number of ether oxygens (including phenoxy) is 1. The van der Waals surface area contributed by atoms with Crippen LogP contribution in [0.5, 0.6) is 0 Å². The van der Waals surface area contributed by atoms with E-state index in [1.807, 2.05) is 24.4 Å². The van der Waals surface area contributed by atoms with E-state index in [0.29, 0.717) is 11.6 Å². The lowest BCUT2D eigenvalue weighted by Gasteiger charge is -2.26. The highest BCUT2D eigenvalue weighted by Crippen LogP contribution is 2.48. The zero-order chi connectivity index (χ0) is 34.2. The van der Waals surface area contributed by atoms with E-state index >= 15 is 0 Å². The van der Waals surface area contributed by atoms with Crippen molar-refractivity contribution in [3.8, 4) is 33.9 Å². The summed E-state index contributed by atoms with van der Waals surface area (Å²) in [4.78, 5) is 20.3. The van der Waals surface area contributed by atoms with Gasteiger partial charge in [0.05, 0.1) is 11.7 Å². The number of benzene rings is 4. The Morgan fingerprint density at radius 2 is 1.58 bits per heavy atom. The minimum Gasteiger partial charge on any atom is -0.490 e. The molecule has 3 aromatic heterocycles. The molecule has 0 amide bonds. The summed E-state index contributed by atoms with van der Waals surface area (Å²) in [5, 5.41) is 4.47. The normalized spacial score (nSPS) is 21.3. The van der Waals surface area contributed by atoms with Crippen LogP contribution in [0, 0.1) is 11.8 Å². The number of furan rings is 1.